The van der Waals surface area contributed by atoms with Gasteiger partial charge in [0, 0.05) is 17.2 Å². The number of aryl methyl sites for hydroxylation is 1. The molecule has 0 saturated heterocycles. The molecule has 1 aliphatic heterocycles. The standard InChI is InChI=1S/C17H15F3N/c18-17(19,20)13-6-5-12-10-21-8-7-11-3-1-2-4-14(11)16(21)15(12)9-13/h5-9H,1-4,10H2/q+1. The number of halogens is 3. The van der Waals surface area contributed by atoms with Gasteiger partial charge in [0.1, 0.15) is 0 Å². The van der Waals surface area contributed by atoms with Crippen molar-refractivity contribution in [2.75, 3.05) is 0 Å². The molecule has 2 aromatic rings. The van der Waals surface area contributed by atoms with E-state index in [9.17, 15) is 13.2 Å². The molecular formula is C17H15F3N+. The molecule has 1 aromatic carbocycles. The van der Waals surface area contributed by atoms with Crippen molar-refractivity contribution in [1.82, 2.24) is 0 Å². The fourth-order valence-corrected chi connectivity index (χ4v) is 3.55. The van der Waals surface area contributed by atoms with E-state index in [1.165, 1.54) is 29.7 Å². The Bertz CT molecular complexity index is 732. The molecule has 0 fully saturated rings. The van der Waals surface area contributed by atoms with Crippen LogP contribution in [0.1, 0.15) is 35.1 Å². The molecule has 0 amide bonds. The van der Waals surface area contributed by atoms with Crippen LogP contribution in [0.15, 0.2) is 30.5 Å². The fraction of sp³-hybridized carbons (Fsp3) is 0.353. The largest absolute Gasteiger partial charge is 0.416 e. The summed E-state index contributed by atoms with van der Waals surface area (Å²) in [5.74, 6) is 0. The molecule has 2 aliphatic rings. The van der Waals surface area contributed by atoms with Gasteiger partial charge in [-0.25, -0.2) is 0 Å². The van der Waals surface area contributed by atoms with Crippen molar-refractivity contribution in [1.29, 1.82) is 0 Å². The van der Waals surface area contributed by atoms with Gasteiger partial charge in [-0.2, -0.15) is 17.7 Å². The summed E-state index contributed by atoms with van der Waals surface area (Å²) in [5.41, 5.74) is 4.77. The third kappa shape index (κ3) is 1.96. The van der Waals surface area contributed by atoms with Gasteiger partial charge in [0.25, 0.3) is 0 Å². The van der Waals surface area contributed by atoms with Crippen molar-refractivity contribution in [3.05, 3.63) is 52.7 Å². The summed E-state index contributed by atoms with van der Waals surface area (Å²) < 4.78 is 41.0. The highest BCUT2D eigenvalue weighted by atomic mass is 19.4. The lowest BCUT2D eigenvalue weighted by molar-refractivity contribution is -0.672. The molecule has 0 radical (unpaired) electrons. The van der Waals surface area contributed by atoms with E-state index >= 15 is 0 Å². The first-order valence-corrected chi connectivity index (χ1v) is 7.29. The molecule has 0 N–H and O–H groups in total. The van der Waals surface area contributed by atoms with Gasteiger partial charge < -0.3 is 0 Å². The van der Waals surface area contributed by atoms with E-state index in [0.29, 0.717) is 6.54 Å². The van der Waals surface area contributed by atoms with Crippen molar-refractivity contribution in [2.45, 2.75) is 38.4 Å². The van der Waals surface area contributed by atoms with Crippen molar-refractivity contribution in [3.8, 4) is 11.3 Å². The van der Waals surface area contributed by atoms with Crippen LogP contribution in [0.2, 0.25) is 0 Å². The molecule has 4 rings (SSSR count). The van der Waals surface area contributed by atoms with E-state index in [0.717, 1.165) is 36.1 Å². The number of nitrogens with zero attached hydrogens (tertiary/aromatic N) is 1. The zero-order valence-electron chi connectivity index (χ0n) is 11.5. The Hall–Kier alpha value is -1.84. The zero-order chi connectivity index (χ0) is 14.6. The lowest BCUT2D eigenvalue weighted by Gasteiger charge is -2.15. The number of hydrogen-bond donors (Lipinski definition) is 0. The Balaban J connectivity index is 1.93. The SMILES string of the molecule is FC(F)(F)c1ccc2c(c1)-c1c3c(cc[n+]1C2)CCCC3. The highest BCUT2D eigenvalue weighted by molar-refractivity contribution is 5.68. The van der Waals surface area contributed by atoms with Gasteiger partial charge in [0.15, 0.2) is 12.7 Å². The number of hydrogen-bond acceptors (Lipinski definition) is 0. The van der Waals surface area contributed by atoms with Gasteiger partial charge in [-0.05, 0) is 43.4 Å². The summed E-state index contributed by atoms with van der Waals surface area (Å²) in [6.07, 6.45) is 2.05. The van der Waals surface area contributed by atoms with E-state index in [2.05, 4.69) is 10.6 Å². The molecule has 1 aromatic heterocycles. The monoisotopic (exact) mass is 290 g/mol. The van der Waals surface area contributed by atoms with Crippen LogP contribution in [0.25, 0.3) is 11.3 Å². The van der Waals surface area contributed by atoms with E-state index in [4.69, 9.17) is 0 Å². The first kappa shape index (κ1) is 12.9. The normalized spacial score (nSPS) is 16.3. The molecule has 0 saturated carbocycles. The maximum absolute atomic E-state index is 13.0. The van der Waals surface area contributed by atoms with Gasteiger partial charge in [-0.15, -0.1) is 0 Å². The molecule has 1 nitrogen and oxygen atoms in total. The molecule has 0 unspecified atom stereocenters. The number of alkyl halides is 3. The Labute approximate surface area is 121 Å². The molecule has 0 atom stereocenters. The average molecular weight is 290 g/mol. The Morgan fingerprint density at radius 3 is 2.57 bits per heavy atom. The van der Waals surface area contributed by atoms with Crippen LogP contribution in [-0.2, 0) is 25.6 Å². The highest BCUT2D eigenvalue weighted by Gasteiger charge is 2.36. The van der Waals surface area contributed by atoms with Crippen LogP contribution in [0.5, 0.6) is 0 Å². The zero-order valence-corrected chi connectivity index (χ0v) is 11.5. The number of rotatable bonds is 0. The summed E-state index contributed by atoms with van der Waals surface area (Å²) in [6.45, 7) is 0.677. The second-order valence-electron chi connectivity index (χ2n) is 5.87. The van der Waals surface area contributed by atoms with Gasteiger partial charge in [-0.3, -0.25) is 0 Å². The summed E-state index contributed by atoms with van der Waals surface area (Å²) in [4.78, 5) is 0. The quantitative estimate of drug-likeness (QED) is 0.553. The van der Waals surface area contributed by atoms with Gasteiger partial charge in [0.05, 0.1) is 11.1 Å². The molecule has 4 heteroatoms. The van der Waals surface area contributed by atoms with Crippen molar-refractivity contribution < 1.29 is 17.7 Å². The molecule has 0 bridgehead atoms. The smallest absolute Gasteiger partial charge is 0.194 e. The Kier molecular flexibility index (Phi) is 2.65. The maximum Gasteiger partial charge on any atom is 0.416 e. The minimum atomic E-state index is -4.28. The summed E-state index contributed by atoms with van der Waals surface area (Å²) in [7, 11) is 0. The first-order chi connectivity index (χ1) is 10.0. The predicted molar refractivity (Wildman–Crippen MR) is 72.8 cm³/mol. The lowest BCUT2D eigenvalue weighted by atomic mass is 9.89. The van der Waals surface area contributed by atoms with E-state index in [-0.39, 0.29) is 0 Å². The predicted octanol–water partition coefficient (Wildman–Crippen LogP) is 3.90. The number of fused-ring (bicyclic) bond motifs is 5. The highest BCUT2D eigenvalue weighted by Crippen LogP contribution is 2.38. The number of pyridine rings is 1. The molecule has 0 spiro atoms. The number of aromatic nitrogens is 1. The van der Waals surface area contributed by atoms with Crippen LogP contribution >= 0.6 is 0 Å². The van der Waals surface area contributed by atoms with Crippen LogP contribution in [0.4, 0.5) is 13.2 Å². The second kappa shape index (κ2) is 4.33. The molecule has 21 heavy (non-hydrogen) atoms. The third-order valence-corrected chi connectivity index (χ3v) is 4.57. The molecule has 2 heterocycles. The van der Waals surface area contributed by atoms with E-state index in [1.807, 2.05) is 6.20 Å². The maximum atomic E-state index is 13.0. The third-order valence-electron chi connectivity index (χ3n) is 4.57. The van der Waals surface area contributed by atoms with E-state index in [1.54, 1.807) is 6.07 Å². The number of benzene rings is 1. The lowest BCUT2D eigenvalue weighted by Crippen LogP contribution is -2.33. The van der Waals surface area contributed by atoms with Gasteiger partial charge in [0.2, 0.25) is 5.69 Å². The molecule has 108 valence electrons. The first-order valence-electron chi connectivity index (χ1n) is 7.29. The van der Waals surface area contributed by atoms with Crippen LogP contribution in [-0.4, -0.2) is 0 Å². The van der Waals surface area contributed by atoms with Crippen molar-refractivity contribution in [3.63, 3.8) is 0 Å². The van der Waals surface area contributed by atoms with Crippen LogP contribution in [0.3, 0.4) is 0 Å². The molecular weight excluding hydrogens is 275 g/mol. The minimum Gasteiger partial charge on any atom is -0.194 e. The summed E-state index contributed by atoms with van der Waals surface area (Å²) in [5, 5.41) is 0. The fourth-order valence-electron chi connectivity index (χ4n) is 3.55. The van der Waals surface area contributed by atoms with Crippen molar-refractivity contribution >= 4 is 0 Å². The Morgan fingerprint density at radius 1 is 0.952 bits per heavy atom. The van der Waals surface area contributed by atoms with E-state index < -0.39 is 11.7 Å². The second-order valence-corrected chi connectivity index (χ2v) is 5.87. The minimum absolute atomic E-state index is 0.553. The molecule has 1 aliphatic carbocycles. The topological polar surface area (TPSA) is 3.88 Å². The Morgan fingerprint density at radius 2 is 1.76 bits per heavy atom. The van der Waals surface area contributed by atoms with Crippen LogP contribution < -0.4 is 4.57 Å². The van der Waals surface area contributed by atoms with Crippen LogP contribution in [0, 0.1) is 0 Å². The van der Waals surface area contributed by atoms with Gasteiger partial charge in [-0.1, -0.05) is 6.07 Å². The summed E-state index contributed by atoms with van der Waals surface area (Å²) >= 11 is 0. The van der Waals surface area contributed by atoms with Crippen molar-refractivity contribution in [2.24, 2.45) is 0 Å². The summed E-state index contributed by atoms with van der Waals surface area (Å²) in [6, 6.07) is 6.27. The van der Waals surface area contributed by atoms with Gasteiger partial charge >= 0.3 is 6.18 Å². The average Bonchev–Trinajstić information content (AvgIpc) is 2.84.